The molecule has 1 heterocycles. The van der Waals surface area contributed by atoms with Crippen LogP contribution in [-0.2, 0) is 6.42 Å². The monoisotopic (exact) mass is 351 g/mol. The van der Waals surface area contributed by atoms with Gasteiger partial charge in [0.15, 0.2) is 0 Å². The van der Waals surface area contributed by atoms with Crippen LogP contribution in [0.1, 0.15) is 37.9 Å². The molecule has 2 aromatic rings. The van der Waals surface area contributed by atoms with Gasteiger partial charge in [-0.25, -0.2) is 0 Å². The molecule has 2 rings (SSSR count). The van der Waals surface area contributed by atoms with Crippen LogP contribution in [0.3, 0.4) is 0 Å². The Morgan fingerprint density at radius 3 is 2.43 bits per heavy atom. The van der Waals surface area contributed by atoms with E-state index in [1.54, 1.807) is 25.5 Å². The number of benzene rings is 1. The number of pyridine rings is 1. The molecule has 0 aliphatic heterocycles. The number of nitrogens with one attached hydrogen (secondary N) is 1. The van der Waals surface area contributed by atoms with Gasteiger partial charge in [-0.2, -0.15) is 0 Å². The van der Waals surface area contributed by atoms with Crippen molar-refractivity contribution in [2.75, 3.05) is 7.05 Å². The topological polar surface area (TPSA) is 37.3 Å². The van der Waals surface area contributed by atoms with Crippen molar-refractivity contribution in [3.05, 3.63) is 63.9 Å². The third-order valence-corrected chi connectivity index (χ3v) is 4.10. The van der Waals surface area contributed by atoms with E-state index in [9.17, 15) is 0 Å². The number of hydrogen-bond donors (Lipinski definition) is 1. The lowest BCUT2D eigenvalue weighted by atomic mass is 9.99. The van der Waals surface area contributed by atoms with Crippen molar-refractivity contribution in [2.45, 2.75) is 33.2 Å². The van der Waals surface area contributed by atoms with Crippen molar-refractivity contribution >= 4 is 29.0 Å². The number of rotatable bonds is 4. The lowest BCUT2D eigenvalue weighted by Gasteiger charge is -2.21. The fraction of sp³-hybridized carbons (Fsp3) is 0.333. The first-order valence-electron chi connectivity index (χ1n) is 7.64. The Hall–Kier alpha value is -1.58. The molecule has 1 aromatic heterocycles. The van der Waals surface area contributed by atoms with Gasteiger partial charge in [0.1, 0.15) is 0 Å². The summed E-state index contributed by atoms with van der Waals surface area (Å²) in [6.45, 7) is 5.93. The number of hydrogen-bond acceptors (Lipinski definition) is 2. The first-order chi connectivity index (χ1) is 11.1. The van der Waals surface area contributed by atoms with Crippen molar-refractivity contribution in [3.8, 4) is 0 Å². The predicted octanol–water partition coefficient (Wildman–Crippen LogP) is 5.34. The summed E-state index contributed by atoms with van der Waals surface area (Å²) in [4.78, 5) is 8.21. The van der Waals surface area contributed by atoms with Gasteiger partial charge in [-0.05, 0) is 42.7 Å². The van der Waals surface area contributed by atoms with Gasteiger partial charge in [0.05, 0.1) is 21.9 Å². The van der Waals surface area contributed by atoms with Crippen molar-refractivity contribution in [3.63, 3.8) is 0 Å². The standard InChI is InChI=1S/C16H17Cl2N3.C2H6/c1-11(19-2)21-15(10-12-6-8-20-9-7-12)13-4-3-5-14(17)16(13)18;1-2/h3-9,15H,10H2,1-2H3,(H,19,21);1-2H3. The maximum Gasteiger partial charge on any atom is 0.0933 e. The zero-order valence-corrected chi connectivity index (χ0v) is 15.5. The minimum absolute atomic E-state index is 0.00213. The van der Waals surface area contributed by atoms with E-state index in [1.165, 1.54) is 5.56 Å². The highest BCUT2D eigenvalue weighted by Gasteiger charge is 2.17. The zero-order valence-electron chi connectivity index (χ0n) is 14.0. The van der Waals surface area contributed by atoms with E-state index >= 15 is 0 Å². The Bertz CT molecular complexity index is 627. The van der Waals surface area contributed by atoms with Crippen LogP contribution in [0.5, 0.6) is 0 Å². The number of amidine groups is 1. The number of aromatic nitrogens is 1. The maximum absolute atomic E-state index is 6.36. The van der Waals surface area contributed by atoms with Crippen LogP contribution in [0.25, 0.3) is 0 Å². The summed E-state index contributed by atoms with van der Waals surface area (Å²) >= 11 is 12.5. The van der Waals surface area contributed by atoms with E-state index in [0.717, 1.165) is 17.8 Å². The average Bonchev–Trinajstić information content (AvgIpc) is 2.59. The highest BCUT2D eigenvalue weighted by molar-refractivity contribution is 6.42. The highest BCUT2D eigenvalue weighted by Crippen LogP contribution is 2.31. The molecule has 3 nitrogen and oxygen atoms in total. The van der Waals surface area contributed by atoms with Crippen LogP contribution in [0.2, 0.25) is 10.0 Å². The first kappa shape index (κ1) is 19.5. The van der Waals surface area contributed by atoms with Crippen LogP contribution in [0, 0.1) is 0 Å². The molecule has 23 heavy (non-hydrogen) atoms. The molecule has 1 aromatic carbocycles. The lowest BCUT2D eigenvalue weighted by Crippen LogP contribution is -2.28. The fourth-order valence-electron chi connectivity index (χ4n) is 2.10. The maximum atomic E-state index is 6.36. The molecule has 0 fully saturated rings. The van der Waals surface area contributed by atoms with E-state index in [1.807, 2.05) is 45.0 Å². The van der Waals surface area contributed by atoms with Crippen LogP contribution >= 0.6 is 23.2 Å². The second-order valence-electron chi connectivity index (χ2n) is 4.71. The van der Waals surface area contributed by atoms with Crippen LogP contribution < -0.4 is 5.32 Å². The average molecular weight is 352 g/mol. The zero-order chi connectivity index (χ0) is 17.2. The smallest absolute Gasteiger partial charge is 0.0933 e. The van der Waals surface area contributed by atoms with Crippen molar-refractivity contribution < 1.29 is 0 Å². The Labute approximate surface area is 148 Å². The SMILES string of the molecule is CC.CN=C(C)NC(Cc1ccncc1)c1cccc(Cl)c1Cl. The van der Waals surface area contributed by atoms with Gasteiger partial charge in [0.25, 0.3) is 0 Å². The second-order valence-corrected chi connectivity index (χ2v) is 5.49. The molecule has 1 atom stereocenters. The molecule has 0 saturated carbocycles. The van der Waals surface area contributed by atoms with Gasteiger partial charge in [-0.3, -0.25) is 9.98 Å². The molecule has 1 unspecified atom stereocenters. The molecule has 0 aliphatic rings. The molecule has 1 N–H and O–H groups in total. The minimum Gasteiger partial charge on any atom is -0.367 e. The van der Waals surface area contributed by atoms with Crippen LogP contribution in [0.15, 0.2) is 47.7 Å². The Balaban J connectivity index is 0.00000127. The van der Waals surface area contributed by atoms with Crippen molar-refractivity contribution in [2.24, 2.45) is 4.99 Å². The van der Waals surface area contributed by atoms with E-state index in [0.29, 0.717) is 10.0 Å². The molecule has 5 heteroatoms. The van der Waals surface area contributed by atoms with E-state index in [4.69, 9.17) is 23.2 Å². The van der Waals surface area contributed by atoms with Crippen LogP contribution in [-0.4, -0.2) is 17.9 Å². The molecular weight excluding hydrogens is 329 g/mol. The van der Waals surface area contributed by atoms with Gasteiger partial charge in [-0.15, -0.1) is 0 Å². The lowest BCUT2D eigenvalue weighted by molar-refractivity contribution is 0.641. The molecule has 124 valence electrons. The third-order valence-electron chi connectivity index (χ3n) is 3.26. The minimum atomic E-state index is 0.00213. The summed E-state index contributed by atoms with van der Waals surface area (Å²) in [5, 5.41) is 4.52. The second kappa shape index (κ2) is 10.2. The van der Waals surface area contributed by atoms with Crippen molar-refractivity contribution in [1.29, 1.82) is 0 Å². The normalized spacial score (nSPS) is 12.2. The number of nitrogens with zero attached hydrogens (tertiary/aromatic N) is 2. The van der Waals surface area contributed by atoms with E-state index in [2.05, 4.69) is 15.3 Å². The van der Waals surface area contributed by atoms with Gasteiger partial charge < -0.3 is 5.32 Å². The van der Waals surface area contributed by atoms with Crippen LogP contribution in [0.4, 0.5) is 0 Å². The molecule has 0 amide bonds. The Morgan fingerprint density at radius 2 is 1.83 bits per heavy atom. The van der Waals surface area contributed by atoms with Gasteiger partial charge in [0.2, 0.25) is 0 Å². The summed E-state index contributed by atoms with van der Waals surface area (Å²) < 4.78 is 0. The van der Waals surface area contributed by atoms with Gasteiger partial charge >= 0.3 is 0 Å². The van der Waals surface area contributed by atoms with Crippen molar-refractivity contribution in [1.82, 2.24) is 10.3 Å². The summed E-state index contributed by atoms with van der Waals surface area (Å²) in [5.41, 5.74) is 2.13. The van der Waals surface area contributed by atoms with Gasteiger partial charge in [-0.1, -0.05) is 49.2 Å². The summed E-state index contributed by atoms with van der Waals surface area (Å²) in [6.07, 6.45) is 4.34. The quantitative estimate of drug-likeness (QED) is 0.596. The van der Waals surface area contributed by atoms with Gasteiger partial charge in [0, 0.05) is 19.4 Å². The third kappa shape index (κ3) is 5.85. The highest BCUT2D eigenvalue weighted by atomic mass is 35.5. The predicted molar refractivity (Wildman–Crippen MR) is 101 cm³/mol. The number of aliphatic imine (C=N–C) groups is 1. The van der Waals surface area contributed by atoms with E-state index < -0.39 is 0 Å². The summed E-state index contributed by atoms with van der Waals surface area (Å²) in [7, 11) is 1.76. The summed E-state index contributed by atoms with van der Waals surface area (Å²) in [6, 6.07) is 9.66. The first-order valence-corrected chi connectivity index (χ1v) is 8.40. The Morgan fingerprint density at radius 1 is 1.17 bits per heavy atom. The fourth-order valence-corrected chi connectivity index (χ4v) is 2.54. The molecule has 0 spiro atoms. The molecular formula is C18H23Cl2N3. The molecule has 0 saturated heterocycles. The Kier molecular flexibility index (Phi) is 8.67. The molecule has 0 radical (unpaired) electrons. The molecule has 0 bridgehead atoms. The number of halogens is 2. The summed E-state index contributed by atoms with van der Waals surface area (Å²) in [5.74, 6) is 0.852. The molecule has 0 aliphatic carbocycles. The van der Waals surface area contributed by atoms with E-state index in [-0.39, 0.29) is 6.04 Å². The largest absolute Gasteiger partial charge is 0.367 e.